The predicted octanol–water partition coefficient (Wildman–Crippen LogP) is 6.05. The first kappa shape index (κ1) is 48.8. The first-order valence-corrected chi connectivity index (χ1v) is 20.9. The van der Waals surface area contributed by atoms with Crippen LogP contribution in [0, 0.1) is 0 Å². The van der Waals surface area contributed by atoms with E-state index >= 15 is 0 Å². The van der Waals surface area contributed by atoms with Crippen molar-refractivity contribution < 1.29 is 63.1 Å². The molecule has 53 heavy (non-hydrogen) atoms. The second-order valence-electron chi connectivity index (χ2n) is 13.4. The summed E-state index contributed by atoms with van der Waals surface area (Å²) in [4.78, 5) is 35.4. The van der Waals surface area contributed by atoms with E-state index in [-0.39, 0.29) is 12.8 Å². The van der Waals surface area contributed by atoms with Gasteiger partial charge in [0.2, 0.25) is 0 Å². The third-order valence-corrected chi connectivity index (χ3v) is 9.67. The number of hydrogen-bond acceptors (Lipinski definition) is 12. The summed E-state index contributed by atoms with van der Waals surface area (Å²) < 4.78 is 33.2. The maximum atomic E-state index is 12.7. The Hall–Kier alpha value is -2.19. The van der Waals surface area contributed by atoms with E-state index in [4.69, 9.17) is 18.5 Å². The Kier molecular flexibility index (Phi) is 27.7. The second kappa shape index (κ2) is 30.1. The summed E-state index contributed by atoms with van der Waals surface area (Å²) in [5, 5.41) is 49.9. The highest BCUT2D eigenvalue weighted by molar-refractivity contribution is 7.47. The van der Waals surface area contributed by atoms with Crippen molar-refractivity contribution in [2.24, 2.45) is 0 Å². The summed E-state index contributed by atoms with van der Waals surface area (Å²) in [7, 11) is -5.12. The molecule has 6 unspecified atom stereocenters. The van der Waals surface area contributed by atoms with E-state index in [9.17, 15) is 44.6 Å². The molecule has 1 aliphatic rings. The molecule has 14 heteroatoms. The molecule has 1 aliphatic carbocycles. The molecule has 0 aromatic carbocycles. The minimum Gasteiger partial charge on any atom is -0.462 e. The molecule has 0 aromatic rings. The van der Waals surface area contributed by atoms with Gasteiger partial charge in [0.05, 0.1) is 6.61 Å². The number of hydrogen-bond donors (Lipinski definition) is 6. The second-order valence-corrected chi connectivity index (χ2v) is 14.8. The minimum atomic E-state index is -5.12. The van der Waals surface area contributed by atoms with Crippen molar-refractivity contribution >= 4 is 19.8 Å². The zero-order valence-electron chi connectivity index (χ0n) is 31.8. The molecule has 0 bridgehead atoms. The van der Waals surface area contributed by atoms with Crippen molar-refractivity contribution in [2.45, 2.75) is 172 Å². The van der Waals surface area contributed by atoms with E-state index in [1.165, 1.54) is 25.7 Å². The SMILES string of the molecule is CC/C=C\C/C=C\C/C=C\C/C=C\CCCCC(=O)OC[C@H](COP(=O)(O)OC1C(O)C(O)C(O)[C@@H](O)C1O)OC(=O)CCCCCCCCCCC. The summed E-state index contributed by atoms with van der Waals surface area (Å²) in [5.74, 6) is -1.16. The number of carbonyl (C=O) groups is 2. The number of rotatable bonds is 30. The average molecular weight is 775 g/mol. The fourth-order valence-electron chi connectivity index (χ4n) is 5.51. The van der Waals surface area contributed by atoms with Gasteiger partial charge in [0.25, 0.3) is 0 Å². The number of ether oxygens (including phenoxy) is 2. The van der Waals surface area contributed by atoms with Crippen LogP contribution >= 0.6 is 7.82 Å². The van der Waals surface area contributed by atoms with Crippen molar-refractivity contribution in [1.82, 2.24) is 0 Å². The molecule has 0 aliphatic heterocycles. The third kappa shape index (κ3) is 23.4. The zero-order chi connectivity index (χ0) is 39.3. The molecular weight excluding hydrogens is 707 g/mol. The Labute approximate surface area is 316 Å². The van der Waals surface area contributed by atoms with Crippen LogP contribution < -0.4 is 0 Å². The Morgan fingerprint density at radius 3 is 1.64 bits per heavy atom. The predicted molar refractivity (Wildman–Crippen MR) is 203 cm³/mol. The van der Waals surface area contributed by atoms with Gasteiger partial charge in [-0.25, -0.2) is 4.57 Å². The van der Waals surface area contributed by atoms with Crippen LogP contribution in [0.25, 0.3) is 0 Å². The zero-order valence-corrected chi connectivity index (χ0v) is 32.7. The molecule has 306 valence electrons. The van der Waals surface area contributed by atoms with Gasteiger partial charge < -0.3 is 39.9 Å². The fraction of sp³-hybridized carbons (Fsp3) is 0.744. The van der Waals surface area contributed by atoms with Crippen LogP contribution in [-0.4, -0.2) is 98.3 Å². The lowest BCUT2D eigenvalue weighted by atomic mass is 9.85. The maximum absolute atomic E-state index is 12.7. The lowest BCUT2D eigenvalue weighted by Crippen LogP contribution is -2.64. The van der Waals surface area contributed by atoms with Gasteiger partial charge in [0, 0.05) is 12.8 Å². The van der Waals surface area contributed by atoms with E-state index < -0.39 is 75.7 Å². The lowest BCUT2D eigenvalue weighted by molar-refractivity contribution is -0.220. The number of phosphoric acid groups is 1. The highest BCUT2D eigenvalue weighted by atomic mass is 31.2. The largest absolute Gasteiger partial charge is 0.472 e. The van der Waals surface area contributed by atoms with Crippen LogP contribution in [0.15, 0.2) is 48.6 Å². The third-order valence-electron chi connectivity index (χ3n) is 8.68. The maximum Gasteiger partial charge on any atom is 0.472 e. The molecule has 0 radical (unpaired) electrons. The van der Waals surface area contributed by atoms with Gasteiger partial charge in [-0.05, 0) is 51.4 Å². The normalized spacial score (nSPS) is 24.0. The topological polar surface area (TPSA) is 210 Å². The molecule has 0 aromatic heterocycles. The van der Waals surface area contributed by atoms with Crippen molar-refractivity contribution in [3.8, 4) is 0 Å². The Morgan fingerprint density at radius 2 is 1.08 bits per heavy atom. The van der Waals surface area contributed by atoms with Gasteiger partial charge in [-0.2, -0.15) is 0 Å². The molecule has 8 atom stereocenters. The smallest absolute Gasteiger partial charge is 0.462 e. The monoisotopic (exact) mass is 774 g/mol. The lowest BCUT2D eigenvalue weighted by Gasteiger charge is -2.41. The van der Waals surface area contributed by atoms with Gasteiger partial charge in [-0.1, -0.05) is 114 Å². The number of aliphatic hydroxyl groups is 5. The Morgan fingerprint density at radius 1 is 0.604 bits per heavy atom. The molecule has 0 amide bonds. The molecular formula is C39H67O13P. The van der Waals surface area contributed by atoms with Crippen LogP contribution in [0.1, 0.15) is 129 Å². The molecule has 1 saturated carbocycles. The summed E-state index contributed by atoms with van der Waals surface area (Å²) in [6.45, 7) is 3.07. The van der Waals surface area contributed by atoms with E-state index in [2.05, 4.69) is 62.5 Å². The van der Waals surface area contributed by atoms with E-state index in [0.29, 0.717) is 12.8 Å². The standard InChI is InChI=1S/C39H67O13P/c1-3-5-7-9-11-13-14-15-16-17-18-20-21-23-25-27-32(40)49-29-31(51-33(41)28-26-24-22-19-12-10-8-6-4-2)30-50-53(47,48)52-39-37(45)35(43)34(42)36(44)38(39)46/h5,7,11,13,15-16,18,20,31,34-39,42-46H,3-4,6,8-10,12,14,17,19,21-30H2,1-2H3,(H,47,48)/b7-5-,13-11-,16-15-,20-18-/t31-,34?,35-,36?,37?,38?,39?/m1/s1. The molecule has 0 saturated heterocycles. The van der Waals surface area contributed by atoms with Gasteiger partial charge in [-0.15, -0.1) is 0 Å². The van der Waals surface area contributed by atoms with E-state index in [1.54, 1.807) is 0 Å². The Bertz CT molecular complexity index is 1120. The van der Waals surface area contributed by atoms with Crippen molar-refractivity contribution in [1.29, 1.82) is 0 Å². The van der Waals surface area contributed by atoms with Crippen LogP contribution in [-0.2, 0) is 32.7 Å². The number of esters is 2. The summed E-state index contributed by atoms with van der Waals surface area (Å²) in [5.41, 5.74) is 0. The molecule has 1 fully saturated rings. The van der Waals surface area contributed by atoms with Crippen LogP contribution in [0.3, 0.4) is 0 Å². The summed E-state index contributed by atoms with van der Waals surface area (Å²) in [6, 6.07) is 0. The van der Waals surface area contributed by atoms with E-state index in [1.807, 2.05) is 0 Å². The number of allylic oxidation sites excluding steroid dienone is 8. The summed E-state index contributed by atoms with van der Waals surface area (Å²) >= 11 is 0. The van der Waals surface area contributed by atoms with Crippen molar-refractivity contribution in [3.05, 3.63) is 48.6 Å². The number of aliphatic hydroxyl groups excluding tert-OH is 5. The number of unbranched alkanes of at least 4 members (excludes halogenated alkanes) is 10. The van der Waals surface area contributed by atoms with Gasteiger partial charge in [0.1, 0.15) is 43.2 Å². The van der Waals surface area contributed by atoms with E-state index in [0.717, 1.165) is 64.2 Å². The van der Waals surface area contributed by atoms with Crippen LogP contribution in [0.2, 0.25) is 0 Å². The van der Waals surface area contributed by atoms with Gasteiger partial charge in [0.15, 0.2) is 6.10 Å². The van der Waals surface area contributed by atoms with Crippen LogP contribution in [0.5, 0.6) is 0 Å². The van der Waals surface area contributed by atoms with Crippen molar-refractivity contribution in [2.75, 3.05) is 13.2 Å². The fourth-order valence-corrected chi connectivity index (χ4v) is 6.48. The first-order chi connectivity index (χ1) is 25.4. The molecule has 0 spiro atoms. The summed E-state index contributed by atoms with van der Waals surface area (Å²) in [6.07, 6.45) is 19.2. The number of phosphoric ester groups is 1. The van der Waals surface area contributed by atoms with Crippen LogP contribution in [0.4, 0.5) is 0 Å². The minimum absolute atomic E-state index is 0.0867. The molecule has 1 rings (SSSR count). The average Bonchev–Trinajstić information content (AvgIpc) is 3.13. The molecule has 0 heterocycles. The Balaban J connectivity index is 2.56. The quantitative estimate of drug-likeness (QED) is 0.0213. The van der Waals surface area contributed by atoms with Gasteiger partial charge in [-0.3, -0.25) is 18.6 Å². The number of carbonyl (C=O) groups excluding carboxylic acids is 2. The van der Waals surface area contributed by atoms with Crippen molar-refractivity contribution in [3.63, 3.8) is 0 Å². The molecule has 6 N–H and O–H groups in total. The highest BCUT2D eigenvalue weighted by Crippen LogP contribution is 2.47. The highest BCUT2D eigenvalue weighted by Gasteiger charge is 2.51. The first-order valence-electron chi connectivity index (χ1n) is 19.4. The molecule has 13 nitrogen and oxygen atoms in total. The van der Waals surface area contributed by atoms with Gasteiger partial charge >= 0.3 is 19.8 Å².